The number of aryl methyl sites for hydroxylation is 1. The SMILES string of the molecule is CC(=O)NCCN(c1ccc(C)cc1)S(C)(=O)=O. The number of sulfonamides is 1. The Morgan fingerprint density at radius 1 is 1.28 bits per heavy atom. The molecule has 0 aliphatic carbocycles. The third-order valence-electron chi connectivity index (χ3n) is 2.41. The van der Waals surface area contributed by atoms with E-state index in [0.717, 1.165) is 11.8 Å². The van der Waals surface area contributed by atoms with Crippen molar-refractivity contribution in [2.75, 3.05) is 23.7 Å². The van der Waals surface area contributed by atoms with Gasteiger partial charge in [-0.25, -0.2) is 8.42 Å². The number of amides is 1. The monoisotopic (exact) mass is 270 g/mol. The van der Waals surface area contributed by atoms with Crippen LogP contribution in [0.5, 0.6) is 0 Å². The Kier molecular flexibility index (Phi) is 4.72. The maximum absolute atomic E-state index is 11.7. The van der Waals surface area contributed by atoms with Gasteiger partial charge in [0, 0.05) is 13.5 Å². The summed E-state index contributed by atoms with van der Waals surface area (Å²) in [6, 6.07) is 7.21. The first-order chi connectivity index (χ1) is 8.30. The van der Waals surface area contributed by atoms with Crippen molar-refractivity contribution in [3.63, 3.8) is 0 Å². The second-order valence-corrected chi connectivity index (χ2v) is 6.06. The lowest BCUT2D eigenvalue weighted by atomic mass is 10.2. The topological polar surface area (TPSA) is 66.5 Å². The summed E-state index contributed by atoms with van der Waals surface area (Å²) in [7, 11) is -3.35. The number of anilines is 1. The quantitative estimate of drug-likeness (QED) is 0.864. The number of nitrogens with one attached hydrogen (secondary N) is 1. The summed E-state index contributed by atoms with van der Waals surface area (Å²) in [5.74, 6) is -0.174. The largest absolute Gasteiger partial charge is 0.355 e. The van der Waals surface area contributed by atoms with E-state index >= 15 is 0 Å². The van der Waals surface area contributed by atoms with Crippen LogP contribution in [0, 0.1) is 6.92 Å². The molecule has 5 nitrogen and oxygen atoms in total. The van der Waals surface area contributed by atoms with Gasteiger partial charge in [0.15, 0.2) is 0 Å². The molecular weight excluding hydrogens is 252 g/mol. The van der Waals surface area contributed by atoms with E-state index in [1.807, 2.05) is 19.1 Å². The molecule has 0 heterocycles. The van der Waals surface area contributed by atoms with E-state index in [1.54, 1.807) is 12.1 Å². The van der Waals surface area contributed by atoms with E-state index in [-0.39, 0.29) is 19.0 Å². The normalized spacial score (nSPS) is 11.1. The molecule has 0 fully saturated rings. The second-order valence-electron chi connectivity index (χ2n) is 4.15. The molecule has 1 rings (SSSR count). The molecule has 18 heavy (non-hydrogen) atoms. The maximum Gasteiger partial charge on any atom is 0.232 e. The van der Waals surface area contributed by atoms with Crippen molar-refractivity contribution in [1.82, 2.24) is 5.32 Å². The minimum absolute atomic E-state index is 0.174. The maximum atomic E-state index is 11.7. The van der Waals surface area contributed by atoms with Crippen molar-refractivity contribution in [3.8, 4) is 0 Å². The van der Waals surface area contributed by atoms with Gasteiger partial charge >= 0.3 is 0 Å². The fraction of sp³-hybridized carbons (Fsp3) is 0.417. The lowest BCUT2D eigenvalue weighted by molar-refractivity contribution is -0.118. The molecule has 0 aliphatic rings. The van der Waals surface area contributed by atoms with Crippen LogP contribution in [-0.2, 0) is 14.8 Å². The summed E-state index contributed by atoms with van der Waals surface area (Å²) in [5, 5.41) is 2.58. The average Bonchev–Trinajstić information content (AvgIpc) is 2.24. The molecule has 0 atom stereocenters. The molecule has 0 spiro atoms. The lowest BCUT2D eigenvalue weighted by Crippen LogP contribution is -2.37. The Balaban J connectivity index is 2.86. The van der Waals surface area contributed by atoms with Crippen LogP contribution < -0.4 is 9.62 Å². The van der Waals surface area contributed by atoms with E-state index in [9.17, 15) is 13.2 Å². The number of carbonyl (C=O) groups is 1. The fourth-order valence-electron chi connectivity index (χ4n) is 1.53. The van der Waals surface area contributed by atoms with E-state index in [4.69, 9.17) is 0 Å². The van der Waals surface area contributed by atoms with Crippen LogP contribution in [0.4, 0.5) is 5.69 Å². The first-order valence-electron chi connectivity index (χ1n) is 5.59. The van der Waals surface area contributed by atoms with Crippen LogP contribution in [0.2, 0.25) is 0 Å². The van der Waals surface area contributed by atoms with Gasteiger partial charge in [-0.3, -0.25) is 9.10 Å². The first-order valence-corrected chi connectivity index (χ1v) is 7.44. The van der Waals surface area contributed by atoms with Crippen molar-refractivity contribution < 1.29 is 13.2 Å². The zero-order valence-corrected chi connectivity index (χ0v) is 11.6. The molecule has 1 N–H and O–H groups in total. The van der Waals surface area contributed by atoms with Crippen molar-refractivity contribution >= 4 is 21.6 Å². The number of nitrogens with zero attached hydrogens (tertiary/aromatic N) is 1. The van der Waals surface area contributed by atoms with Crippen LogP contribution in [0.3, 0.4) is 0 Å². The highest BCUT2D eigenvalue weighted by Gasteiger charge is 2.16. The molecule has 0 aromatic heterocycles. The Hall–Kier alpha value is -1.56. The molecule has 6 heteroatoms. The fourth-order valence-corrected chi connectivity index (χ4v) is 2.46. The van der Waals surface area contributed by atoms with Crippen molar-refractivity contribution in [2.24, 2.45) is 0 Å². The van der Waals surface area contributed by atoms with Gasteiger partial charge in [-0.15, -0.1) is 0 Å². The van der Waals surface area contributed by atoms with Gasteiger partial charge in [0.05, 0.1) is 18.5 Å². The van der Waals surface area contributed by atoms with E-state index in [2.05, 4.69) is 5.32 Å². The third kappa shape index (κ3) is 4.37. The van der Waals surface area contributed by atoms with Crippen LogP contribution in [0.15, 0.2) is 24.3 Å². The first kappa shape index (κ1) is 14.5. The van der Waals surface area contributed by atoms with Gasteiger partial charge in [0.1, 0.15) is 0 Å². The average molecular weight is 270 g/mol. The van der Waals surface area contributed by atoms with Gasteiger partial charge in [-0.2, -0.15) is 0 Å². The predicted molar refractivity (Wildman–Crippen MR) is 72.1 cm³/mol. The lowest BCUT2D eigenvalue weighted by Gasteiger charge is -2.22. The molecule has 1 amide bonds. The molecule has 1 aromatic rings. The van der Waals surface area contributed by atoms with E-state index < -0.39 is 10.0 Å². The van der Waals surface area contributed by atoms with Crippen LogP contribution >= 0.6 is 0 Å². The summed E-state index contributed by atoms with van der Waals surface area (Å²) < 4.78 is 24.7. The van der Waals surface area contributed by atoms with Crippen LogP contribution in [0.25, 0.3) is 0 Å². The number of benzene rings is 1. The van der Waals surface area contributed by atoms with Crippen molar-refractivity contribution in [2.45, 2.75) is 13.8 Å². The Labute approximate surface area is 108 Å². The predicted octanol–water partition coefficient (Wildman–Crippen LogP) is 0.897. The number of carbonyl (C=O) groups excluding carboxylic acids is 1. The Bertz CT molecular complexity index is 509. The second kappa shape index (κ2) is 5.86. The van der Waals surface area contributed by atoms with Gasteiger partial charge in [0.2, 0.25) is 15.9 Å². The van der Waals surface area contributed by atoms with Gasteiger partial charge in [-0.05, 0) is 19.1 Å². The van der Waals surface area contributed by atoms with Gasteiger partial charge in [-0.1, -0.05) is 17.7 Å². The van der Waals surface area contributed by atoms with E-state index in [0.29, 0.717) is 5.69 Å². The van der Waals surface area contributed by atoms with E-state index in [1.165, 1.54) is 11.2 Å². The molecule has 0 aliphatic heterocycles. The highest BCUT2D eigenvalue weighted by molar-refractivity contribution is 7.92. The summed E-state index contributed by atoms with van der Waals surface area (Å²) >= 11 is 0. The Morgan fingerprint density at radius 2 is 1.83 bits per heavy atom. The number of hydrogen-bond donors (Lipinski definition) is 1. The smallest absolute Gasteiger partial charge is 0.232 e. The Morgan fingerprint density at radius 3 is 2.28 bits per heavy atom. The zero-order chi connectivity index (χ0) is 13.8. The standard InChI is InChI=1S/C12H18N2O3S/c1-10-4-6-12(7-5-10)14(18(3,16)17)9-8-13-11(2)15/h4-7H,8-9H2,1-3H3,(H,13,15). The highest BCUT2D eigenvalue weighted by Crippen LogP contribution is 2.17. The highest BCUT2D eigenvalue weighted by atomic mass is 32.2. The minimum Gasteiger partial charge on any atom is -0.355 e. The van der Waals surface area contributed by atoms with Crippen LogP contribution in [0.1, 0.15) is 12.5 Å². The molecule has 1 aromatic carbocycles. The molecule has 0 bridgehead atoms. The summed E-state index contributed by atoms with van der Waals surface area (Å²) in [4.78, 5) is 10.8. The molecule has 0 unspecified atom stereocenters. The summed E-state index contributed by atoms with van der Waals surface area (Å²) in [5.41, 5.74) is 1.67. The molecule has 100 valence electrons. The molecule has 0 radical (unpaired) electrons. The van der Waals surface area contributed by atoms with Crippen molar-refractivity contribution in [3.05, 3.63) is 29.8 Å². The zero-order valence-electron chi connectivity index (χ0n) is 10.8. The van der Waals surface area contributed by atoms with Crippen molar-refractivity contribution in [1.29, 1.82) is 0 Å². The summed E-state index contributed by atoms with van der Waals surface area (Å²) in [6.45, 7) is 3.85. The molecule has 0 saturated carbocycles. The minimum atomic E-state index is -3.35. The molecular formula is C12H18N2O3S. The molecule has 0 saturated heterocycles. The number of hydrogen-bond acceptors (Lipinski definition) is 3. The van der Waals surface area contributed by atoms with Gasteiger partial charge in [0.25, 0.3) is 0 Å². The number of rotatable bonds is 5. The summed E-state index contributed by atoms with van der Waals surface area (Å²) in [6.07, 6.45) is 1.15. The van der Waals surface area contributed by atoms with Gasteiger partial charge < -0.3 is 5.32 Å². The third-order valence-corrected chi connectivity index (χ3v) is 3.61. The van der Waals surface area contributed by atoms with Crippen LogP contribution in [-0.4, -0.2) is 33.7 Å².